The molecule has 6 heteroatoms. The zero-order valence-electron chi connectivity index (χ0n) is 8.64. The number of aromatic amines is 1. The number of hydrogen-bond donors (Lipinski definition) is 1. The van der Waals surface area contributed by atoms with Gasteiger partial charge in [0.15, 0.2) is 5.69 Å². The number of alkyl halides is 1. The average Bonchev–Trinajstić information content (AvgIpc) is 2.53. The largest absolute Gasteiger partial charge is 0.464 e. The molecule has 0 radical (unpaired) electrons. The van der Waals surface area contributed by atoms with E-state index >= 15 is 0 Å². The fourth-order valence-electron chi connectivity index (χ4n) is 2.84. The van der Waals surface area contributed by atoms with Crippen LogP contribution >= 0.6 is 22.6 Å². The first kappa shape index (κ1) is 10.5. The van der Waals surface area contributed by atoms with Gasteiger partial charge in [-0.2, -0.15) is 5.10 Å². The molecule has 4 nitrogen and oxygen atoms in total. The SMILES string of the molecule is COC(=O)c1n[nH]c(C23CC(F)(C2)C3)c1I. The van der Waals surface area contributed by atoms with Gasteiger partial charge in [-0.15, -0.1) is 0 Å². The Morgan fingerprint density at radius 3 is 2.69 bits per heavy atom. The lowest BCUT2D eigenvalue weighted by atomic mass is 9.41. The molecule has 3 fully saturated rings. The molecule has 1 aromatic rings. The number of halogens is 2. The first-order valence-electron chi connectivity index (χ1n) is 5.01. The van der Waals surface area contributed by atoms with Gasteiger partial charge in [0.25, 0.3) is 0 Å². The molecule has 4 rings (SSSR count). The van der Waals surface area contributed by atoms with E-state index < -0.39 is 11.6 Å². The van der Waals surface area contributed by atoms with Crippen molar-refractivity contribution in [2.24, 2.45) is 0 Å². The fourth-order valence-corrected chi connectivity index (χ4v) is 3.87. The summed E-state index contributed by atoms with van der Waals surface area (Å²) < 4.78 is 18.8. The van der Waals surface area contributed by atoms with Gasteiger partial charge in [-0.3, -0.25) is 5.10 Å². The Morgan fingerprint density at radius 1 is 1.56 bits per heavy atom. The van der Waals surface area contributed by atoms with Gasteiger partial charge in [-0.05, 0) is 41.9 Å². The van der Waals surface area contributed by atoms with Crippen molar-refractivity contribution in [3.63, 3.8) is 0 Å². The molecule has 0 atom stereocenters. The summed E-state index contributed by atoms with van der Waals surface area (Å²) in [6.07, 6.45) is 1.66. The van der Waals surface area contributed by atoms with Gasteiger partial charge in [-0.1, -0.05) is 0 Å². The van der Waals surface area contributed by atoms with Crippen LogP contribution in [0.3, 0.4) is 0 Å². The Morgan fingerprint density at radius 2 is 2.19 bits per heavy atom. The molecule has 86 valence electrons. The van der Waals surface area contributed by atoms with Crippen LogP contribution in [0.25, 0.3) is 0 Å². The number of nitrogens with one attached hydrogen (secondary N) is 1. The fraction of sp³-hybridized carbons (Fsp3) is 0.600. The van der Waals surface area contributed by atoms with Crippen LogP contribution in [0, 0.1) is 3.57 Å². The lowest BCUT2D eigenvalue weighted by molar-refractivity contribution is -0.160. The number of carbonyl (C=O) groups is 1. The van der Waals surface area contributed by atoms with Gasteiger partial charge in [-0.25, -0.2) is 9.18 Å². The lowest BCUT2D eigenvalue weighted by Gasteiger charge is -2.65. The van der Waals surface area contributed by atoms with Crippen molar-refractivity contribution in [1.82, 2.24) is 10.2 Å². The Labute approximate surface area is 105 Å². The third kappa shape index (κ3) is 1.13. The zero-order valence-corrected chi connectivity index (χ0v) is 10.8. The van der Waals surface area contributed by atoms with Crippen LogP contribution in [0.2, 0.25) is 0 Å². The van der Waals surface area contributed by atoms with Gasteiger partial charge in [0.05, 0.1) is 16.4 Å². The minimum absolute atomic E-state index is 0.0927. The van der Waals surface area contributed by atoms with E-state index in [0.29, 0.717) is 25.0 Å². The third-order valence-electron chi connectivity index (χ3n) is 3.58. The standard InChI is InChI=1S/C10H10FIN2O2/c1-16-8(15)6-5(12)7(14-13-6)9-2-10(11,3-9)4-9/h2-4H2,1H3,(H,13,14). The summed E-state index contributed by atoms with van der Waals surface area (Å²) in [6, 6.07) is 0. The number of H-pyrrole nitrogens is 1. The highest BCUT2D eigenvalue weighted by Gasteiger charge is 2.71. The minimum Gasteiger partial charge on any atom is -0.464 e. The van der Waals surface area contributed by atoms with Crippen molar-refractivity contribution in [3.8, 4) is 0 Å². The normalized spacial score (nSPS) is 35.2. The molecule has 0 spiro atoms. The predicted molar refractivity (Wildman–Crippen MR) is 62.0 cm³/mol. The summed E-state index contributed by atoms with van der Waals surface area (Å²) in [6.45, 7) is 0. The van der Waals surface area contributed by atoms with Gasteiger partial charge < -0.3 is 4.74 Å². The molecular weight excluding hydrogens is 326 g/mol. The summed E-state index contributed by atoms with van der Waals surface area (Å²) in [5, 5.41) is 6.81. The topological polar surface area (TPSA) is 55.0 Å². The van der Waals surface area contributed by atoms with Crippen LogP contribution in [-0.4, -0.2) is 28.9 Å². The van der Waals surface area contributed by atoms with Gasteiger partial charge in [0.2, 0.25) is 0 Å². The van der Waals surface area contributed by atoms with Crippen molar-refractivity contribution in [2.45, 2.75) is 30.3 Å². The predicted octanol–water partition coefficient (Wildman–Crippen LogP) is 1.94. The quantitative estimate of drug-likeness (QED) is 0.663. The summed E-state index contributed by atoms with van der Waals surface area (Å²) in [7, 11) is 1.32. The molecule has 1 aromatic heterocycles. The monoisotopic (exact) mass is 336 g/mol. The van der Waals surface area contributed by atoms with E-state index in [1.807, 2.05) is 0 Å². The van der Waals surface area contributed by atoms with Crippen LogP contribution in [0.15, 0.2) is 0 Å². The van der Waals surface area contributed by atoms with E-state index in [1.165, 1.54) is 7.11 Å². The van der Waals surface area contributed by atoms with E-state index in [2.05, 4.69) is 37.5 Å². The second-order valence-electron chi connectivity index (χ2n) is 4.71. The Hall–Kier alpha value is -0.660. The lowest BCUT2D eigenvalue weighted by Crippen LogP contribution is -2.67. The maximum absolute atomic E-state index is 13.4. The van der Waals surface area contributed by atoms with Crippen molar-refractivity contribution >= 4 is 28.6 Å². The van der Waals surface area contributed by atoms with E-state index in [-0.39, 0.29) is 5.41 Å². The number of rotatable bonds is 2. The van der Waals surface area contributed by atoms with Crippen molar-refractivity contribution < 1.29 is 13.9 Å². The van der Waals surface area contributed by atoms with Gasteiger partial charge >= 0.3 is 5.97 Å². The third-order valence-corrected chi connectivity index (χ3v) is 4.63. The first-order chi connectivity index (χ1) is 7.50. The smallest absolute Gasteiger partial charge is 0.359 e. The average molecular weight is 336 g/mol. The number of carbonyl (C=O) groups excluding carboxylic acids is 1. The second kappa shape index (κ2) is 2.96. The Balaban J connectivity index is 1.93. The van der Waals surface area contributed by atoms with Gasteiger partial charge in [0.1, 0.15) is 5.67 Å². The summed E-state index contributed by atoms with van der Waals surface area (Å²) in [5.74, 6) is -0.451. The van der Waals surface area contributed by atoms with Gasteiger partial charge in [0, 0.05) is 5.41 Å². The van der Waals surface area contributed by atoms with Crippen LogP contribution in [0.1, 0.15) is 35.4 Å². The molecule has 3 aliphatic rings. The minimum atomic E-state index is -0.945. The van der Waals surface area contributed by atoms with Crippen LogP contribution < -0.4 is 0 Å². The summed E-state index contributed by atoms with van der Waals surface area (Å²) in [4.78, 5) is 11.4. The maximum atomic E-state index is 13.4. The summed E-state index contributed by atoms with van der Waals surface area (Å²) in [5.41, 5.74) is 0.160. The highest BCUT2D eigenvalue weighted by atomic mass is 127. The number of hydrogen-bond acceptors (Lipinski definition) is 3. The number of ether oxygens (including phenoxy) is 1. The van der Waals surface area contributed by atoms with E-state index in [9.17, 15) is 9.18 Å². The van der Waals surface area contributed by atoms with Crippen molar-refractivity contribution in [1.29, 1.82) is 0 Å². The molecule has 1 N–H and O–H groups in total. The van der Waals surface area contributed by atoms with E-state index in [1.54, 1.807) is 0 Å². The molecule has 2 bridgehead atoms. The summed E-state index contributed by atoms with van der Waals surface area (Å²) >= 11 is 2.07. The first-order valence-corrected chi connectivity index (χ1v) is 6.09. The highest BCUT2D eigenvalue weighted by molar-refractivity contribution is 14.1. The van der Waals surface area contributed by atoms with E-state index in [0.717, 1.165) is 9.26 Å². The molecule has 0 saturated heterocycles. The molecule has 3 saturated carbocycles. The molecule has 16 heavy (non-hydrogen) atoms. The number of nitrogens with zero attached hydrogens (tertiary/aromatic N) is 1. The Bertz CT molecular complexity index is 465. The van der Waals surface area contributed by atoms with Crippen molar-refractivity contribution in [3.05, 3.63) is 15.0 Å². The molecule has 0 amide bonds. The second-order valence-corrected chi connectivity index (χ2v) is 5.79. The van der Waals surface area contributed by atoms with E-state index in [4.69, 9.17) is 0 Å². The Kier molecular flexibility index (Phi) is 1.94. The number of methoxy groups -OCH3 is 1. The number of esters is 1. The van der Waals surface area contributed by atoms with Crippen LogP contribution in [-0.2, 0) is 10.2 Å². The van der Waals surface area contributed by atoms with Crippen LogP contribution in [0.5, 0.6) is 0 Å². The maximum Gasteiger partial charge on any atom is 0.359 e. The molecule has 3 aliphatic carbocycles. The molecule has 0 aliphatic heterocycles. The molecule has 0 unspecified atom stereocenters. The van der Waals surface area contributed by atoms with Crippen LogP contribution in [0.4, 0.5) is 4.39 Å². The highest BCUT2D eigenvalue weighted by Crippen LogP contribution is 2.70. The molecular formula is C10H10FIN2O2. The van der Waals surface area contributed by atoms with Crippen molar-refractivity contribution in [2.75, 3.05) is 7.11 Å². The zero-order chi connectivity index (χ0) is 11.6. The molecule has 1 heterocycles. The number of aromatic nitrogens is 2. The molecule has 0 aromatic carbocycles.